The zero-order valence-corrected chi connectivity index (χ0v) is 34.2. The minimum atomic E-state index is 0.521. The molecule has 0 radical (unpaired) electrons. The molecule has 0 aliphatic carbocycles. The van der Waals surface area contributed by atoms with Crippen molar-refractivity contribution < 1.29 is 4.42 Å². The van der Waals surface area contributed by atoms with Gasteiger partial charge in [-0.3, -0.25) is 4.57 Å². The van der Waals surface area contributed by atoms with Crippen LogP contribution in [0.25, 0.3) is 127 Å². The topological polar surface area (TPSA) is 66.6 Å². The van der Waals surface area contributed by atoms with Gasteiger partial charge in [-0.25, -0.2) is 4.98 Å². The van der Waals surface area contributed by atoms with Gasteiger partial charge in [0.05, 0.1) is 38.8 Å². The van der Waals surface area contributed by atoms with E-state index in [0.717, 1.165) is 88.3 Å². The van der Waals surface area contributed by atoms with Gasteiger partial charge in [0.2, 0.25) is 5.95 Å². The van der Waals surface area contributed by atoms with E-state index in [2.05, 4.69) is 184 Å². The summed E-state index contributed by atoms with van der Waals surface area (Å²) in [6.45, 7) is 0. The van der Waals surface area contributed by atoms with Crippen LogP contribution in [0.15, 0.2) is 211 Å². The van der Waals surface area contributed by atoms with Crippen molar-refractivity contribution in [2.45, 2.75) is 0 Å². The van der Waals surface area contributed by atoms with Gasteiger partial charge in [0.25, 0.3) is 0 Å². The maximum Gasteiger partial charge on any atom is 0.238 e. The lowest BCUT2D eigenvalue weighted by molar-refractivity contribution is 0.669. The minimum absolute atomic E-state index is 0.521. The fourth-order valence-electron chi connectivity index (χ4n) is 10.2. The minimum Gasteiger partial charge on any atom is -0.456 e. The summed E-state index contributed by atoms with van der Waals surface area (Å²) in [5, 5.41) is 9.07. The van der Waals surface area contributed by atoms with Crippen LogP contribution in [-0.4, -0.2) is 28.7 Å². The average Bonchev–Trinajstić information content (AvgIpc) is 4.10. The van der Waals surface area contributed by atoms with Crippen LogP contribution in [0.5, 0.6) is 0 Å². The molecule has 0 aliphatic rings. The van der Waals surface area contributed by atoms with Crippen LogP contribution in [0.2, 0.25) is 0 Å². The Morgan fingerprint density at radius 3 is 1.53 bits per heavy atom. The quantitative estimate of drug-likeness (QED) is 0.173. The second kappa shape index (κ2) is 13.3. The Morgan fingerprint density at radius 2 is 0.844 bits per heavy atom. The Morgan fingerprint density at radius 1 is 0.328 bits per heavy atom. The highest BCUT2D eigenvalue weighted by molar-refractivity contribution is 6.31. The van der Waals surface area contributed by atoms with E-state index < -0.39 is 0 Å². The Hall–Kier alpha value is -8.81. The Labute approximate surface area is 365 Å². The van der Waals surface area contributed by atoms with Gasteiger partial charge in [0.1, 0.15) is 11.2 Å². The summed E-state index contributed by atoms with van der Waals surface area (Å²) >= 11 is 0. The van der Waals surface area contributed by atoms with Gasteiger partial charge < -0.3 is 13.6 Å². The third kappa shape index (κ3) is 4.94. The van der Waals surface area contributed by atoms with Crippen LogP contribution in [0.4, 0.5) is 0 Å². The molecule has 0 amide bonds. The molecule has 0 aliphatic heterocycles. The molecule has 5 heterocycles. The van der Waals surface area contributed by atoms with E-state index in [9.17, 15) is 0 Å². The van der Waals surface area contributed by atoms with Crippen molar-refractivity contribution in [1.82, 2.24) is 28.7 Å². The maximum absolute atomic E-state index is 6.40. The van der Waals surface area contributed by atoms with Crippen molar-refractivity contribution in [3.05, 3.63) is 206 Å². The van der Waals surface area contributed by atoms with Gasteiger partial charge in [-0.1, -0.05) is 146 Å². The molecular formula is C57H34N6O. The van der Waals surface area contributed by atoms with Gasteiger partial charge in [0.15, 0.2) is 11.6 Å². The summed E-state index contributed by atoms with van der Waals surface area (Å²) in [7, 11) is 0. The molecule has 0 N–H and O–H groups in total. The first kappa shape index (κ1) is 34.9. The monoisotopic (exact) mass is 818 g/mol. The molecule has 14 aromatic rings. The molecule has 0 atom stereocenters. The number of aromatic nitrogens is 6. The molecule has 0 unspecified atom stereocenters. The van der Waals surface area contributed by atoms with Crippen LogP contribution in [0, 0.1) is 0 Å². The second-order valence-corrected chi connectivity index (χ2v) is 16.4. The standard InChI is InChI=1S/C57H34N6O/c1-3-17-35(18-4-1)55-58-56(36-31-32-41-40-23-11-16-30-50(40)64-51(41)33-36)60-57(59-55)63-47-29-15-10-25-43(47)53-52-42-24-9-14-28-46(42)61(37-19-5-2-6-20-37)48(52)34-49(54(53)63)62-44-26-12-7-21-38(44)39-22-8-13-27-45(39)62/h1-34H. The summed E-state index contributed by atoms with van der Waals surface area (Å²) in [6, 6.07) is 72.6. The Balaban J connectivity index is 1.17. The lowest BCUT2D eigenvalue weighted by Gasteiger charge is -2.16. The number of nitrogens with zero attached hydrogens (tertiary/aromatic N) is 6. The lowest BCUT2D eigenvalue weighted by Crippen LogP contribution is -2.08. The second-order valence-electron chi connectivity index (χ2n) is 16.4. The SMILES string of the molecule is c1ccc(-c2nc(-c3ccc4c(c3)oc3ccccc34)nc(-n3c4ccccc4c4c5c6ccccc6n(-c6ccccc6)c5cc(-n5c6ccccc6c6ccccc65)c43)n2)cc1. The van der Waals surface area contributed by atoms with E-state index in [1.54, 1.807) is 0 Å². The highest BCUT2D eigenvalue weighted by Crippen LogP contribution is 2.46. The Kier molecular flexibility index (Phi) is 7.27. The summed E-state index contributed by atoms with van der Waals surface area (Å²) in [5.74, 6) is 1.65. The Bertz CT molecular complexity index is 4140. The van der Waals surface area contributed by atoms with Crippen LogP contribution >= 0.6 is 0 Å². The first-order valence-electron chi connectivity index (χ1n) is 21.5. The smallest absolute Gasteiger partial charge is 0.238 e. The largest absolute Gasteiger partial charge is 0.456 e. The number of benzene rings is 9. The molecule has 7 heteroatoms. The zero-order chi connectivity index (χ0) is 41.9. The van der Waals surface area contributed by atoms with E-state index in [-0.39, 0.29) is 0 Å². The molecule has 0 spiro atoms. The predicted octanol–water partition coefficient (Wildman–Crippen LogP) is 14.4. The molecule has 298 valence electrons. The van der Waals surface area contributed by atoms with Gasteiger partial charge in [0, 0.05) is 59.9 Å². The number of hydrogen-bond acceptors (Lipinski definition) is 4. The fraction of sp³-hybridized carbons (Fsp3) is 0. The molecule has 7 nitrogen and oxygen atoms in total. The van der Waals surface area contributed by atoms with E-state index in [4.69, 9.17) is 19.4 Å². The summed E-state index contributed by atoms with van der Waals surface area (Å²) in [5.41, 5.74) is 11.9. The summed E-state index contributed by atoms with van der Waals surface area (Å²) < 4.78 is 13.5. The van der Waals surface area contributed by atoms with Gasteiger partial charge in [-0.05, 0) is 60.7 Å². The molecule has 14 rings (SSSR count). The third-order valence-electron chi connectivity index (χ3n) is 12.9. The van der Waals surface area contributed by atoms with Crippen LogP contribution in [0.1, 0.15) is 0 Å². The molecule has 0 saturated heterocycles. The molecular weight excluding hydrogens is 785 g/mol. The molecule has 0 saturated carbocycles. The number of hydrogen-bond donors (Lipinski definition) is 0. The summed E-state index contributed by atoms with van der Waals surface area (Å²) in [4.78, 5) is 16.1. The van der Waals surface area contributed by atoms with Crippen molar-refractivity contribution in [1.29, 1.82) is 0 Å². The molecule has 0 bridgehead atoms. The normalized spacial score (nSPS) is 12.1. The predicted molar refractivity (Wildman–Crippen MR) is 261 cm³/mol. The molecule has 9 aromatic carbocycles. The van der Waals surface area contributed by atoms with Crippen molar-refractivity contribution in [2.24, 2.45) is 0 Å². The molecule has 0 fully saturated rings. The van der Waals surface area contributed by atoms with E-state index >= 15 is 0 Å². The van der Waals surface area contributed by atoms with Crippen molar-refractivity contribution in [2.75, 3.05) is 0 Å². The summed E-state index contributed by atoms with van der Waals surface area (Å²) in [6.07, 6.45) is 0. The molecule has 64 heavy (non-hydrogen) atoms. The van der Waals surface area contributed by atoms with E-state index in [0.29, 0.717) is 17.6 Å². The maximum atomic E-state index is 6.40. The van der Waals surface area contributed by atoms with Crippen molar-refractivity contribution in [3.8, 4) is 40.1 Å². The van der Waals surface area contributed by atoms with E-state index in [1.807, 2.05) is 36.4 Å². The van der Waals surface area contributed by atoms with Crippen LogP contribution < -0.4 is 0 Å². The van der Waals surface area contributed by atoms with Crippen molar-refractivity contribution in [3.63, 3.8) is 0 Å². The highest BCUT2D eigenvalue weighted by atomic mass is 16.3. The van der Waals surface area contributed by atoms with E-state index in [1.165, 1.54) is 21.5 Å². The van der Waals surface area contributed by atoms with Crippen LogP contribution in [0.3, 0.4) is 0 Å². The van der Waals surface area contributed by atoms with Crippen LogP contribution in [-0.2, 0) is 0 Å². The average molecular weight is 819 g/mol. The van der Waals surface area contributed by atoms with Gasteiger partial charge in [-0.15, -0.1) is 0 Å². The highest BCUT2D eigenvalue weighted by Gasteiger charge is 2.27. The fourth-order valence-corrected chi connectivity index (χ4v) is 10.2. The number of para-hydroxylation sites is 6. The van der Waals surface area contributed by atoms with Gasteiger partial charge >= 0.3 is 0 Å². The lowest BCUT2D eigenvalue weighted by atomic mass is 10.0. The van der Waals surface area contributed by atoms with Crippen molar-refractivity contribution >= 4 is 87.4 Å². The molecule has 5 aromatic heterocycles. The number of rotatable bonds is 5. The zero-order valence-electron chi connectivity index (χ0n) is 34.2. The first-order valence-corrected chi connectivity index (χ1v) is 21.5. The number of fused-ring (bicyclic) bond motifs is 13. The number of furan rings is 1. The van der Waals surface area contributed by atoms with Gasteiger partial charge in [-0.2, -0.15) is 9.97 Å². The first-order chi connectivity index (χ1) is 31.8. The third-order valence-corrected chi connectivity index (χ3v) is 12.9.